The number of hydrogen-bond acceptors (Lipinski definition) is 5. The van der Waals surface area contributed by atoms with Crippen molar-refractivity contribution in [3.05, 3.63) is 41.1 Å². The number of aromatic nitrogens is 1. The summed E-state index contributed by atoms with van der Waals surface area (Å²) >= 11 is 0. The quantitative estimate of drug-likeness (QED) is 0.560. The third kappa shape index (κ3) is 4.40. The summed E-state index contributed by atoms with van der Waals surface area (Å²) in [5.41, 5.74) is 3.29. The third-order valence-electron chi connectivity index (χ3n) is 6.29. The Hall–Kier alpha value is -2.96. The van der Waals surface area contributed by atoms with E-state index in [2.05, 4.69) is 0 Å². The molecule has 0 spiro atoms. The molecule has 7 nitrogen and oxygen atoms in total. The number of pyridine rings is 1. The molecule has 1 atom stereocenters. The summed E-state index contributed by atoms with van der Waals surface area (Å²) in [4.78, 5) is 45.9. The van der Waals surface area contributed by atoms with Gasteiger partial charge in [0.2, 0.25) is 5.91 Å². The van der Waals surface area contributed by atoms with Gasteiger partial charge in [0.15, 0.2) is 6.10 Å². The fourth-order valence-corrected chi connectivity index (χ4v) is 4.55. The number of piperazine rings is 1. The number of nitrogens with zero attached hydrogens (tertiary/aromatic N) is 3. The highest BCUT2D eigenvalue weighted by molar-refractivity contribution is 6.05. The Morgan fingerprint density at radius 3 is 2.39 bits per heavy atom. The summed E-state index contributed by atoms with van der Waals surface area (Å²) < 4.78 is 5.70. The van der Waals surface area contributed by atoms with Crippen LogP contribution in [0.1, 0.15) is 54.7 Å². The number of carbonyl (C=O) groups excluding carboxylic acids is 3. The number of carbonyl (C=O) groups is 3. The van der Waals surface area contributed by atoms with Crippen molar-refractivity contribution in [3.8, 4) is 0 Å². The molecule has 2 aromatic rings. The van der Waals surface area contributed by atoms with Crippen LogP contribution < -0.4 is 0 Å². The average molecular weight is 424 g/mol. The van der Waals surface area contributed by atoms with Crippen LogP contribution in [0.15, 0.2) is 24.3 Å². The predicted molar refractivity (Wildman–Crippen MR) is 117 cm³/mol. The van der Waals surface area contributed by atoms with Crippen molar-refractivity contribution in [2.45, 2.75) is 52.1 Å². The number of esters is 1. The molecular formula is C24H29N3O4. The maximum Gasteiger partial charge on any atom is 0.339 e. The lowest BCUT2D eigenvalue weighted by molar-refractivity contribution is -0.144. The van der Waals surface area contributed by atoms with Crippen molar-refractivity contribution in [2.75, 3.05) is 26.2 Å². The summed E-state index contributed by atoms with van der Waals surface area (Å²) in [5, 5.41) is 0.780. The van der Waals surface area contributed by atoms with Crippen LogP contribution in [-0.4, -0.2) is 64.9 Å². The Balaban J connectivity index is 1.55. The van der Waals surface area contributed by atoms with Gasteiger partial charge in [0.1, 0.15) is 0 Å². The fraction of sp³-hybridized carbons (Fsp3) is 0.500. The standard InChI is InChI=1S/C24H29N3O4/c1-16(23(29)27-14-12-26(13-15-27)17(2)28)31-24(30)22-18-8-4-3-5-10-20(18)25-21-11-7-6-9-19(21)22/h6-7,9,11,16H,3-5,8,10,12-15H2,1-2H3. The second-order valence-corrected chi connectivity index (χ2v) is 8.37. The van der Waals surface area contributed by atoms with E-state index in [4.69, 9.17) is 9.72 Å². The normalized spacial score (nSPS) is 17.6. The molecule has 0 radical (unpaired) electrons. The van der Waals surface area contributed by atoms with E-state index in [1.54, 1.807) is 16.7 Å². The lowest BCUT2D eigenvalue weighted by atomic mass is 9.97. The van der Waals surface area contributed by atoms with E-state index in [0.29, 0.717) is 31.7 Å². The van der Waals surface area contributed by atoms with Crippen molar-refractivity contribution >= 4 is 28.7 Å². The molecule has 2 amide bonds. The average Bonchev–Trinajstić information content (AvgIpc) is 3.02. The van der Waals surface area contributed by atoms with Crippen LogP contribution in [0.5, 0.6) is 0 Å². The van der Waals surface area contributed by atoms with Crippen molar-refractivity contribution in [3.63, 3.8) is 0 Å². The van der Waals surface area contributed by atoms with Gasteiger partial charge in [-0.15, -0.1) is 0 Å². The molecule has 4 rings (SSSR count). The van der Waals surface area contributed by atoms with E-state index in [-0.39, 0.29) is 11.8 Å². The van der Waals surface area contributed by atoms with Gasteiger partial charge in [-0.25, -0.2) is 4.79 Å². The first-order valence-corrected chi connectivity index (χ1v) is 11.1. The number of fused-ring (bicyclic) bond motifs is 2. The molecule has 1 saturated heterocycles. The van der Waals surface area contributed by atoms with Crippen LogP contribution in [0, 0.1) is 0 Å². The van der Waals surface area contributed by atoms with Crippen LogP contribution in [0.3, 0.4) is 0 Å². The van der Waals surface area contributed by atoms with Crippen LogP contribution in [0.4, 0.5) is 0 Å². The first-order valence-electron chi connectivity index (χ1n) is 11.1. The predicted octanol–water partition coefficient (Wildman–Crippen LogP) is 2.74. The second-order valence-electron chi connectivity index (χ2n) is 8.37. The molecule has 1 aromatic carbocycles. The minimum Gasteiger partial charge on any atom is -0.449 e. The summed E-state index contributed by atoms with van der Waals surface area (Å²) in [6.45, 7) is 5.07. The number of hydrogen-bond donors (Lipinski definition) is 0. The molecule has 1 aromatic heterocycles. The molecule has 164 valence electrons. The summed E-state index contributed by atoms with van der Waals surface area (Å²) in [5.74, 6) is -0.669. The van der Waals surface area contributed by atoms with Crippen LogP contribution in [0.2, 0.25) is 0 Å². The second kappa shape index (κ2) is 9.04. The molecule has 0 N–H and O–H groups in total. The lowest BCUT2D eigenvalue weighted by Gasteiger charge is -2.35. The highest BCUT2D eigenvalue weighted by atomic mass is 16.5. The summed E-state index contributed by atoms with van der Waals surface area (Å²) in [6, 6.07) is 7.63. The number of aryl methyl sites for hydroxylation is 1. The maximum atomic E-state index is 13.3. The van der Waals surface area contributed by atoms with Gasteiger partial charge in [-0.3, -0.25) is 14.6 Å². The molecule has 31 heavy (non-hydrogen) atoms. The van der Waals surface area contributed by atoms with Gasteiger partial charge in [-0.05, 0) is 44.2 Å². The molecule has 2 aliphatic rings. The van der Waals surface area contributed by atoms with Gasteiger partial charge >= 0.3 is 5.97 Å². The minimum atomic E-state index is -0.885. The number of para-hydroxylation sites is 1. The lowest BCUT2D eigenvalue weighted by Crippen LogP contribution is -2.52. The summed E-state index contributed by atoms with van der Waals surface area (Å²) in [7, 11) is 0. The highest BCUT2D eigenvalue weighted by Gasteiger charge is 2.30. The molecule has 7 heteroatoms. The van der Waals surface area contributed by atoms with Gasteiger partial charge < -0.3 is 14.5 Å². The number of rotatable bonds is 3. The monoisotopic (exact) mass is 423 g/mol. The van der Waals surface area contributed by atoms with Gasteiger partial charge in [0.05, 0.1) is 11.1 Å². The first kappa shape index (κ1) is 21.3. The van der Waals surface area contributed by atoms with Crippen LogP contribution in [0.25, 0.3) is 10.9 Å². The van der Waals surface area contributed by atoms with Crippen molar-refractivity contribution in [1.82, 2.24) is 14.8 Å². The Morgan fingerprint density at radius 2 is 1.65 bits per heavy atom. The molecular weight excluding hydrogens is 394 g/mol. The SMILES string of the molecule is CC(=O)N1CCN(C(=O)C(C)OC(=O)c2c3c(nc4ccccc24)CCCCC3)CC1. The van der Waals surface area contributed by atoms with E-state index in [9.17, 15) is 14.4 Å². The smallest absolute Gasteiger partial charge is 0.339 e. The number of benzene rings is 1. The molecule has 1 unspecified atom stereocenters. The largest absolute Gasteiger partial charge is 0.449 e. The van der Waals surface area contributed by atoms with E-state index < -0.39 is 12.1 Å². The molecule has 1 aliphatic heterocycles. The Kier molecular flexibility index (Phi) is 6.20. The topological polar surface area (TPSA) is 79.8 Å². The molecule has 0 saturated carbocycles. The molecule has 1 aliphatic carbocycles. The highest BCUT2D eigenvalue weighted by Crippen LogP contribution is 2.29. The van der Waals surface area contributed by atoms with E-state index in [1.165, 1.54) is 6.92 Å². The number of ether oxygens (including phenoxy) is 1. The van der Waals surface area contributed by atoms with E-state index >= 15 is 0 Å². The fourth-order valence-electron chi connectivity index (χ4n) is 4.55. The Morgan fingerprint density at radius 1 is 0.968 bits per heavy atom. The van der Waals surface area contributed by atoms with Crippen LogP contribution in [-0.2, 0) is 27.2 Å². The zero-order valence-corrected chi connectivity index (χ0v) is 18.2. The van der Waals surface area contributed by atoms with Crippen molar-refractivity contribution in [1.29, 1.82) is 0 Å². The van der Waals surface area contributed by atoms with Crippen molar-refractivity contribution in [2.24, 2.45) is 0 Å². The Bertz CT molecular complexity index is 1010. The Labute approximate surface area is 182 Å². The van der Waals surface area contributed by atoms with Gasteiger partial charge in [0, 0.05) is 44.2 Å². The van der Waals surface area contributed by atoms with Gasteiger partial charge in [0.25, 0.3) is 5.91 Å². The van der Waals surface area contributed by atoms with Gasteiger partial charge in [-0.1, -0.05) is 24.6 Å². The van der Waals surface area contributed by atoms with Crippen molar-refractivity contribution < 1.29 is 19.1 Å². The molecule has 0 bridgehead atoms. The zero-order valence-electron chi connectivity index (χ0n) is 18.2. The van der Waals surface area contributed by atoms with E-state index in [1.807, 2.05) is 24.3 Å². The number of amides is 2. The minimum absolute atomic E-state index is 0.0110. The van der Waals surface area contributed by atoms with Gasteiger partial charge in [-0.2, -0.15) is 0 Å². The van der Waals surface area contributed by atoms with E-state index in [0.717, 1.165) is 54.3 Å². The molecule has 2 heterocycles. The summed E-state index contributed by atoms with van der Waals surface area (Å²) in [6.07, 6.45) is 3.96. The third-order valence-corrected chi connectivity index (χ3v) is 6.29. The first-order chi connectivity index (χ1) is 15.0. The van der Waals surface area contributed by atoms with Crippen LogP contribution >= 0.6 is 0 Å². The maximum absolute atomic E-state index is 13.3. The zero-order chi connectivity index (χ0) is 22.0. The molecule has 1 fully saturated rings.